The molecule has 0 saturated heterocycles. The van der Waals surface area contributed by atoms with E-state index in [1.54, 1.807) is 0 Å². The van der Waals surface area contributed by atoms with E-state index in [4.69, 9.17) is 5.11 Å². The van der Waals surface area contributed by atoms with Crippen LogP contribution < -0.4 is 0 Å². The molecule has 0 radical (unpaired) electrons. The van der Waals surface area contributed by atoms with E-state index >= 15 is 0 Å². The van der Waals surface area contributed by atoms with E-state index < -0.39 is 12.1 Å². The fourth-order valence-electron chi connectivity index (χ4n) is 1.79. The van der Waals surface area contributed by atoms with Gasteiger partial charge in [-0.2, -0.15) is 0 Å². The first-order valence-corrected chi connectivity index (χ1v) is 5.63. The summed E-state index contributed by atoms with van der Waals surface area (Å²) in [7, 11) is 1.89. The van der Waals surface area contributed by atoms with Crippen molar-refractivity contribution in [1.29, 1.82) is 0 Å². The molecule has 1 aliphatic heterocycles. The zero-order valence-electron chi connectivity index (χ0n) is 9.83. The van der Waals surface area contributed by atoms with E-state index in [-0.39, 0.29) is 12.6 Å². The first kappa shape index (κ1) is 12.8. The van der Waals surface area contributed by atoms with Crippen molar-refractivity contribution >= 4 is 5.97 Å². The van der Waals surface area contributed by atoms with Gasteiger partial charge in [-0.15, -0.1) is 0 Å². The molecule has 5 nitrogen and oxygen atoms in total. The standard InChI is InChI=1S/C11H20N2O3/c1-3-4-5-13-7-6-12(2)10(13)8-9(14)11(15)16/h6-7,9-10,14H,3-5,8H2,1-2H3,(H,15,16). The second kappa shape index (κ2) is 5.75. The fraction of sp³-hybridized carbons (Fsp3) is 0.727. The molecule has 0 aromatic heterocycles. The maximum absolute atomic E-state index is 10.6. The molecular formula is C11H20N2O3. The van der Waals surface area contributed by atoms with E-state index in [2.05, 4.69) is 11.8 Å². The molecule has 0 aliphatic carbocycles. The van der Waals surface area contributed by atoms with Crippen molar-refractivity contribution < 1.29 is 15.0 Å². The molecule has 0 saturated carbocycles. The normalized spacial score (nSPS) is 21.6. The van der Waals surface area contributed by atoms with Crippen LogP contribution in [0.1, 0.15) is 26.2 Å². The van der Waals surface area contributed by atoms with Crippen LogP contribution in [0.4, 0.5) is 0 Å². The molecule has 0 spiro atoms. The van der Waals surface area contributed by atoms with Crippen molar-refractivity contribution in [2.45, 2.75) is 38.5 Å². The minimum atomic E-state index is -1.29. The number of hydrogen-bond acceptors (Lipinski definition) is 4. The number of carboxylic acids is 1. The molecule has 2 N–H and O–H groups in total. The lowest BCUT2D eigenvalue weighted by atomic mass is 10.2. The van der Waals surface area contributed by atoms with Gasteiger partial charge in [0.25, 0.3) is 0 Å². The summed E-state index contributed by atoms with van der Waals surface area (Å²) in [6.07, 6.45) is 4.92. The minimum Gasteiger partial charge on any atom is -0.479 e. The molecule has 0 aromatic carbocycles. The predicted molar refractivity (Wildman–Crippen MR) is 60.6 cm³/mol. The summed E-state index contributed by atoms with van der Waals surface area (Å²) >= 11 is 0. The van der Waals surface area contributed by atoms with E-state index in [0.29, 0.717) is 0 Å². The third-order valence-corrected chi connectivity index (χ3v) is 2.84. The van der Waals surface area contributed by atoms with Crippen LogP contribution in [0.3, 0.4) is 0 Å². The lowest BCUT2D eigenvalue weighted by Gasteiger charge is -2.31. The van der Waals surface area contributed by atoms with Gasteiger partial charge in [0.2, 0.25) is 0 Å². The number of aliphatic carboxylic acids is 1. The smallest absolute Gasteiger partial charge is 0.332 e. The van der Waals surface area contributed by atoms with Crippen LogP contribution in [0.25, 0.3) is 0 Å². The topological polar surface area (TPSA) is 64.0 Å². The lowest BCUT2D eigenvalue weighted by molar-refractivity contribution is -0.148. The van der Waals surface area contributed by atoms with Gasteiger partial charge >= 0.3 is 5.97 Å². The highest BCUT2D eigenvalue weighted by atomic mass is 16.4. The van der Waals surface area contributed by atoms with E-state index in [0.717, 1.165) is 19.4 Å². The minimum absolute atomic E-state index is 0.0438. The number of aliphatic hydroxyl groups excluding tert-OH is 1. The van der Waals surface area contributed by atoms with Crippen LogP contribution in [-0.2, 0) is 4.79 Å². The van der Waals surface area contributed by atoms with Gasteiger partial charge in [0, 0.05) is 32.4 Å². The van der Waals surface area contributed by atoms with Crippen LogP contribution in [0.15, 0.2) is 12.4 Å². The third-order valence-electron chi connectivity index (χ3n) is 2.84. The molecule has 0 fully saturated rings. The molecule has 1 heterocycles. The molecule has 2 atom stereocenters. The zero-order chi connectivity index (χ0) is 12.1. The monoisotopic (exact) mass is 228 g/mol. The van der Waals surface area contributed by atoms with E-state index in [1.807, 2.05) is 24.3 Å². The summed E-state index contributed by atoms with van der Waals surface area (Å²) in [4.78, 5) is 14.6. The van der Waals surface area contributed by atoms with Gasteiger partial charge in [-0.1, -0.05) is 13.3 Å². The number of hydrogen-bond donors (Lipinski definition) is 2. The van der Waals surface area contributed by atoms with Crippen molar-refractivity contribution in [3.8, 4) is 0 Å². The van der Waals surface area contributed by atoms with E-state index in [9.17, 15) is 9.90 Å². The van der Waals surface area contributed by atoms with Crippen molar-refractivity contribution in [2.24, 2.45) is 0 Å². The Labute approximate surface area is 96.0 Å². The van der Waals surface area contributed by atoms with Crippen molar-refractivity contribution in [1.82, 2.24) is 9.80 Å². The highest BCUT2D eigenvalue weighted by Crippen LogP contribution is 2.19. The maximum atomic E-state index is 10.6. The molecule has 2 unspecified atom stereocenters. The maximum Gasteiger partial charge on any atom is 0.332 e. The second-order valence-electron chi connectivity index (χ2n) is 4.13. The SMILES string of the molecule is CCCCN1C=CN(C)C1CC(O)C(=O)O. The van der Waals surface area contributed by atoms with Gasteiger partial charge in [0.1, 0.15) is 6.17 Å². The van der Waals surface area contributed by atoms with Gasteiger partial charge in [-0.25, -0.2) is 4.79 Å². The summed E-state index contributed by atoms with van der Waals surface area (Å²) in [5.41, 5.74) is 0. The van der Waals surface area contributed by atoms with Crippen LogP contribution in [0.5, 0.6) is 0 Å². The molecule has 1 aliphatic rings. The molecule has 0 aromatic rings. The first-order chi connectivity index (χ1) is 7.56. The number of nitrogens with zero attached hydrogens (tertiary/aromatic N) is 2. The quantitative estimate of drug-likeness (QED) is 0.699. The number of aliphatic hydroxyl groups is 1. The molecule has 16 heavy (non-hydrogen) atoms. The number of carboxylic acid groups (broad SMARTS) is 1. The third kappa shape index (κ3) is 3.13. The van der Waals surface area contributed by atoms with Crippen LogP contribution in [-0.4, -0.2) is 51.8 Å². The molecule has 0 bridgehead atoms. The highest BCUT2D eigenvalue weighted by molar-refractivity contribution is 5.71. The summed E-state index contributed by atoms with van der Waals surface area (Å²) in [5, 5.41) is 18.1. The molecular weight excluding hydrogens is 208 g/mol. The van der Waals surface area contributed by atoms with Crippen molar-refractivity contribution in [3.63, 3.8) is 0 Å². The van der Waals surface area contributed by atoms with Gasteiger partial charge in [-0.05, 0) is 6.42 Å². The first-order valence-electron chi connectivity index (χ1n) is 5.63. The lowest BCUT2D eigenvalue weighted by Crippen LogP contribution is -2.41. The Hall–Kier alpha value is -1.23. The number of unbranched alkanes of at least 4 members (excludes halogenated alkanes) is 1. The van der Waals surface area contributed by atoms with Gasteiger partial charge < -0.3 is 20.0 Å². The summed E-state index contributed by atoms with van der Waals surface area (Å²) < 4.78 is 0. The molecule has 0 amide bonds. The largest absolute Gasteiger partial charge is 0.479 e. The Bertz CT molecular complexity index is 268. The van der Waals surface area contributed by atoms with Crippen LogP contribution in [0.2, 0.25) is 0 Å². The van der Waals surface area contributed by atoms with E-state index in [1.165, 1.54) is 0 Å². The Morgan fingerprint density at radius 1 is 1.50 bits per heavy atom. The van der Waals surface area contributed by atoms with Crippen molar-refractivity contribution in [2.75, 3.05) is 13.6 Å². The Morgan fingerprint density at radius 3 is 2.75 bits per heavy atom. The molecule has 5 heteroatoms. The Morgan fingerprint density at radius 2 is 2.19 bits per heavy atom. The average molecular weight is 228 g/mol. The fourth-order valence-corrected chi connectivity index (χ4v) is 1.79. The Balaban J connectivity index is 2.51. The summed E-state index contributed by atoms with van der Waals surface area (Å²) in [6, 6.07) is 0. The zero-order valence-corrected chi connectivity index (χ0v) is 9.83. The van der Waals surface area contributed by atoms with Gasteiger partial charge in [0.15, 0.2) is 6.10 Å². The second-order valence-corrected chi connectivity index (χ2v) is 4.13. The average Bonchev–Trinajstić information content (AvgIpc) is 2.57. The highest BCUT2D eigenvalue weighted by Gasteiger charge is 2.28. The van der Waals surface area contributed by atoms with Crippen molar-refractivity contribution in [3.05, 3.63) is 12.4 Å². The van der Waals surface area contributed by atoms with Crippen LogP contribution in [0, 0.1) is 0 Å². The number of carbonyl (C=O) groups is 1. The number of rotatable bonds is 6. The van der Waals surface area contributed by atoms with Gasteiger partial charge in [-0.3, -0.25) is 0 Å². The Kier molecular flexibility index (Phi) is 4.61. The molecule has 1 rings (SSSR count). The predicted octanol–water partition coefficient (Wildman–Crippen LogP) is 0.667. The van der Waals surface area contributed by atoms with Crippen LogP contribution >= 0.6 is 0 Å². The molecule has 92 valence electrons. The summed E-state index contributed by atoms with van der Waals surface area (Å²) in [5.74, 6) is -1.16. The van der Waals surface area contributed by atoms with Gasteiger partial charge in [0.05, 0.1) is 0 Å². The summed E-state index contributed by atoms with van der Waals surface area (Å²) in [6.45, 7) is 3.01.